The first-order valence-corrected chi connectivity index (χ1v) is 15.5. The van der Waals surface area contributed by atoms with Crippen LogP contribution in [0.15, 0.2) is 56.5 Å². The minimum absolute atomic E-state index is 0.222. The monoisotopic (exact) mass is 416 g/mol. The molecule has 3 nitrogen and oxygen atoms in total. The van der Waals surface area contributed by atoms with Gasteiger partial charge in [0.05, 0.1) is 17.9 Å². The molecule has 0 bridgehead atoms. The van der Waals surface area contributed by atoms with Gasteiger partial charge in [-0.2, -0.15) is 0 Å². The largest absolute Gasteiger partial charge is 0.294 e. The first kappa shape index (κ1) is 21.3. The van der Waals surface area contributed by atoms with E-state index in [1.54, 1.807) is 24.3 Å². The van der Waals surface area contributed by atoms with Gasteiger partial charge in [0.1, 0.15) is 0 Å². The second-order valence-electron chi connectivity index (χ2n) is 9.02. The number of ketones is 1. The van der Waals surface area contributed by atoms with Gasteiger partial charge in [-0.15, -0.1) is 0 Å². The Morgan fingerprint density at radius 1 is 1.04 bits per heavy atom. The van der Waals surface area contributed by atoms with Gasteiger partial charge < -0.3 is 0 Å². The average Bonchev–Trinajstić information content (AvgIpc) is 2.78. The summed E-state index contributed by atoms with van der Waals surface area (Å²) in [5, 5.41) is 1.01. The summed E-state index contributed by atoms with van der Waals surface area (Å²) < 4.78 is 27.2. The lowest BCUT2D eigenvalue weighted by Crippen LogP contribution is -2.30. The third-order valence-electron chi connectivity index (χ3n) is 5.89. The molecule has 5 heteroatoms. The molecule has 28 heavy (non-hydrogen) atoms. The molecule has 0 saturated carbocycles. The van der Waals surface area contributed by atoms with Crippen LogP contribution in [0.5, 0.6) is 0 Å². The zero-order valence-electron chi connectivity index (χ0n) is 17.5. The van der Waals surface area contributed by atoms with E-state index >= 15 is 0 Å². The van der Waals surface area contributed by atoms with Crippen LogP contribution in [0.1, 0.15) is 51.9 Å². The number of Topliss-reactive ketones (excluding diaryl/α,β-unsaturated/α-hetero) is 1. The van der Waals surface area contributed by atoms with Crippen LogP contribution in [0.3, 0.4) is 0 Å². The quantitative estimate of drug-likeness (QED) is 0.546. The van der Waals surface area contributed by atoms with Crippen molar-refractivity contribution >= 4 is 23.7 Å². The van der Waals surface area contributed by atoms with Crippen LogP contribution >= 0.6 is 0 Å². The van der Waals surface area contributed by atoms with E-state index in [-0.39, 0.29) is 11.7 Å². The molecule has 0 aromatic heterocycles. The van der Waals surface area contributed by atoms with Crippen molar-refractivity contribution in [3.8, 4) is 0 Å². The third-order valence-corrected chi connectivity index (χ3v) is 9.91. The highest BCUT2D eigenvalue weighted by molar-refractivity contribution is 7.95. The first-order chi connectivity index (χ1) is 13.2. The Bertz CT molecular complexity index is 918. The third kappa shape index (κ3) is 3.83. The molecule has 1 atom stereocenters. The Balaban J connectivity index is 2.27. The van der Waals surface area contributed by atoms with E-state index in [0.717, 1.165) is 54.9 Å². The molecule has 0 radical (unpaired) electrons. The van der Waals surface area contributed by atoms with E-state index in [4.69, 9.17) is 0 Å². The Morgan fingerprint density at radius 3 is 2.29 bits per heavy atom. The highest BCUT2D eigenvalue weighted by atomic mass is 32.2. The topological polar surface area (TPSA) is 51.2 Å². The molecule has 2 aliphatic carbocycles. The molecule has 1 aromatic rings. The van der Waals surface area contributed by atoms with Crippen LogP contribution in [0.25, 0.3) is 0 Å². The number of sulfone groups is 1. The van der Waals surface area contributed by atoms with Gasteiger partial charge in [0.25, 0.3) is 0 Å². The molecule has 0 spiro atoms. The number of unbranched alkanes of at least 4 members (excludes halogenated alkanes) is 1. The number of carbonyl (C=O) groups is 1. The van der Waals surface area contributed by atoms with Crippen LogP contribution < -0.4 is 0 Å². The smallest absolute Gasteiger partial charge is 0.203 e. The predicted molar refractivity (Wildman–Crippen MR) is 118 cm³/mol. The van der Waals surface area contributed by atoms with Gasteiger partial charge >= 0.3 is 0 Å². The van der Waals surface area contributed by atoms with E-state index in [0.29, 0.717) is 16.2 Å². The number of hydrogen-bond acceptors (Lipinski definition) is 3. The summed E-state index contributed by atoms with van der Waals surface area (Å²) in [4.78, 5) is 14.4. The van der Waals surface area contributed by atoms with Gasteiger partial charge in [0.2, 0.25) is 9.84 Å². The highest BCUT2D eigenvalue weighted by Crippen LogP contribution is 2.48. The Morgan fingerprint density at radius 2 is 1.68 bits per heavy atom. The molecule has 2 aliphatic rings. The zero-order valence-corrected chi connectivity index (χ0v) is 19.4. The number of fused-ring (bicyclic) bond motifs is 1. The minimum atomic E-state index is -3.58. The molecule has 3 rings (SSSR count). The second-order valence-corrected chi connectivity index (χ2v) is 16.0. The molecule has 152 valence electrons. The fourth-order valence-electron chi connectivity index (χ4n) is 4.67. The normalized spacial score (nSPS) is 21.1. The van der Waals surface area contributed by atoms with Gasteiger partial charge in [-0.25, -0.2) is 8.42 Å². The number of hydrogen-bond donors (Lipinski definition) is 0. The maximum atomic E-state index is 13.6. The maximum absolute atomic E-state index is 13.6. The number of rotatable bonds is 6. The molecule has 0 saturated heterocycles. The number of benzene rings is 1. The molecule has 0 N–H and O–H groups in total. The van der Waals surface area contributed by atoms with E-state index in [1.807, 2.05) is 6.07 Å². The van der Waals surface area contributed by atoms with E-state index in [2.05, 4.69) is 26.6 Å². The van der Waals surface area contributed by atoms with E-state index in [9.17, 15) is 13.2 Å². The summed E-state index contributed by atoms with van der Waals surface area (Å²) in [6.45, 7) is 8.76. The van der Waals surface area contributed by atoms with Crippen LogP contribution in [-0.2, 0) is 14.6 Å². The van der Waals surface area contributed by atoms with Crippen molar-refractivity contribution in [3.63, 3.8) is 0 Å². The van der Waals surface area contributed by atoms with Crippen molar-refractivity contribution in [1.82, 2.24) is 0 Å². The van der Waals surface area contributed by atoms with Crippen LogP contribution in [0.4, 0.5) is 0 Å². The number of carbonyl (C=O) groups excluding carboxylic acids is 1. The molecular formula is C23H32O3SSi. The Hall–Kier alpha value is -1.46. The fraction of sp³-hybridized carbons (Fsp3) is 0.522. The van der Waals surface area contributed by atoms with Gasteiger partial charge in [0.15, 0.2) is 5.78 Å². The summed E-state index contributed by atoms with van der Waals surface area (Å²) in [6, 6.07) is 8.73. The van der Waals surface area contributed by atoms with Gasteiger partial charge in [0, 0.05) is 5.92 Å². The second kappa shape index (κ2) is 8.11. The Kier molecular flexibility index (Phi) is 6.16. The number of allylic oxidation sites excluding steroid dienone is 4. The lowest BCUT2D eigenvalue weighted by atomic mass is 9.91. The standard InChI is InChI=1S/C23H32O3SSi/c1-5-6-14-18-21-19(23(22(18)24)28(2,3)4)15-10-11-16-20(21)27(25,26)17-12-8-7-9-13-17/h7-9,12-13,18H,5-6,10-11,14-16H2,1-4H3. The molecular weight excluding hydrogens is 384 g/mol. The molecule has 0 fully saturated rings. The van der Waals surface area contributed by atoms with Crippen LogP contribution in [0.2, 0.25) is 19.6 Å². The lowest BCUT2D eigenvalue weighted by molar-refractivity contribution is -0.117. The van der Waals surface area contributed by atoms with Gasteiger partial charge in [-0.3, -0.25) is 4.79 Å². The predicted octanol–water partition coefficient (Wildman–Crippen LogP) is 5.85. The maximum Gasteiger partial charge on any atom is 0.203 e. The lowest BCUT2D eigenvalue weighted by Gasteiger charge is -2.19. The summed E-state index contributed by atoms with van der Waals surface area (Å²) in [5.41, 5.74) is 1.98. The minimum Gasteiger partial charge on any atom is -0.294 e. The van der Waals surface area contributed by atoms with Crippen molar-refractivity contribution in [2.45, 2.75) is 76.4 Å². The van der Waals surface area contributed by atoms with Crippen molar-refractivity contribution in [1.29, 1.82) is 0 Å². The van der Waals surface area contributed by atoms with Crippen molar-refractivity contribution in [2.24, 2.45) is 5.92 Å². The van der Waals surface area contributed by atoms with Crippen molar-refractivity contribution < 1.29 is 13.2 Å². The first-order valence-electron chi connectivity index (χ1n) is 10.5. The van der Waals surface area contributed by atoms with Crippen molar-refractivity contribution in [3.05, 3.63) is 51.6 Å². The highest BCUT2D eigenvalue weighted by Gasteiger charge is 2.45. The van der Waals surface area contributed by atoms with E-state index < -0.39 is 17.9 Å². The fourth-order valence-corrected chi connectivity index (χ4v) is 8.52. The van der Waals surface area contributed by atoms with Crippen molar-refractivity contribution in [2.75, 3.05) is 0 Å². The van der Waals surface area contributed by atoms with Gasteiger partial charge in [-0.05, 0) is 60.6 Å². The average molecular weight is 417 g/mol. The molecule has 1 unspecified atom stereocenters. The van der Waals surface area contributed by atoms with E-state index in [1.165, 1.54) is 0 Å². The summed E-state index contributed by atoms with van der Waals surface area (Å²) >= 11 is 0. The molecule has 0 heterocycles. The van der Waals surface area contributed by atoms with Crippen LogP contribution in [-0.4, -0.2) is 22.3 Å². The Labute approximate surface area is 170 Å². The summed E-state index contributed by atoms with van der Waals surface area (Å²) in [6.07, 6.45) is 5.93. The van der Waals surface area contributed by atoms with Gasteiger partial charge in [-0.1, -0.05) is 57.6 Å². The summed E-state index contributed by atoms with van der Waals surface area (Å²) in [7, 11) is -5.45. The SMILES string of the molecule is CCCCC1C(=O)C([Si](C)(C)C)=C2CCCCC(S(=O)(=O)c3ccccc3)=C21. The zero-order chi connectivity index (χ0) is 20.5. The van der Waals surface area contributed by atoms with Crippen LogP contribution in [0, 0.1) is 5.92 Å². The molecule has 0 aliphatic heterocycles. The molecule has 1 aromatic carbocycles. The molecule has 0 amide bonds. The summed E-state index contributed by atoms with van der Waals surface area (Å²) in [5.74, 6) is -0.0384.